The molecule has 0 fully saturated rings. The normalized spacial score (nSPS) is 12.3. The molecule has 0 aliphatic carbocycles. The van der Waals surface area contributed by atoms with Crippen LogP contribution in [0.5, 0.6) is 0 Å². The van der Waals surface area contributed by atoms with E-state index in [-0.39, 0.29) is 24.1 Å². The molecule has 1 N–H and O–H groups in total. The molecule has 0 radical (unpaired) electrons. The summed E-state index contributed by atoms with van der Waals surface area (Å²) in [6, 6.07) is 9.86. The van der Waals surface area contributed by atoms with Gasteiger partial charge in [-0.2, -0.15) is 0 Å². The van der Waals surface area contributed by atoms with Gasteiger partial charge in [0.05, 0.1) is 17.8 Å². The van der Waals surface area contributed by atoms with Gasteiger partial charge in [0, 0.05) is 4.88 Å². The van der Waals surface area contributed by atoms with E-state index >= 15 is 0 Å². The molecule has 2 aromatic heterocycles. The van der Waals surface area contributed by atoms with Crippen LogP contribution >= 0.6 is 11.3 Å². The fourth-order valence-corrected chi connectivity index (χ4v) is 4.06. The highest BCUT2D eigenvalue weighted by atomic mass is 32.1. The van der Waals surface area contributed by atoms with E-state index in [4.69, 9.17) is 0 Å². The van der Waals surface area contributed by atoms with E-state index in [0.29, 0.717) is 5.39 Å². The number of carbonyl (C=O) groups is 1. The number of thiophene rings is 1. The molecule has 0 spiro atoms. The third-order valence-electron chi connectivity index (χ3n) is 4.58. The van der Waals surface area contributed by atoms with Crippen LogP contribution in [-0.4, -0.2) is 15.5 Å². The van der Waals surface area contributed by atoms with E-state index in [2.05, 4.69) is 17.2 Å². The van der Waals surface area contributed by atoms with Gasteiger partial charge in [-0.3, -0.25) is 14.2 Å². The minimum atomic E-state index is -0.180. The number of fused-ring (bicyclic) bond motifs is 1. The molecule has 3 aromatic rings. The van der Waals surface area contributed by atoms with Gasteiger partial charge in [-0.15, -0.1) is 11.3 Å². The second-order valence-electron chi connectivity index (χ2n) is 6.46. The summed E-state index contributed by atoms with van der Waals surface area (Å²) in [5.41, 5.74) is 1.87. The number of amides is 1. The number of carbonyl (C=O) groups excluding carboxylic acids is 1. The minimum Gasteiger partial charge on any atom is -0.348 e. The number of benzene rings is 1. The van der Waals surface area contributed by atoms with Crippen LogP contribution in [0.15, 0.2) is 41.5 Å². The third kappa shape index (κ3) is 3.70. The van der Waals surface area contributed by atoms with Gasteiger partial charge in [0.2, 0.25) is 5.91 Å². The number of nitrogens with one attached hydrogen (secondary N) is 1. The van der Waals surface area contributed by atoms with Gasteiger partial charge in [-0.1, -0.05) is 43.7 Å². The van der Waals surface area contributed by atoms with Gasteiger partial charge in [-0.25, -0.2) is 4.98 Å². The monoisotopic (exact) mass is 369 g/mol. The Balaban J connectivity index is 1.81. The largest absolute Gasteiger partial charge is 0.348 e. The molecule has 3 rings (SSSR count). The Bertz CT molecular complexity index is 976. The Labute approximate surface area is 156 Å². The lowest BCUT2D eigenvalue weighted by Crippen LogP contribution is -2.34. The highest BCUT2D eigenvalue weighted by Gasteiger charge is 2.16. The lowest BCUT2D eigenvalue weighted by molar-refractivity contribution is -0.122. The maximum absolute atomic E-state index is 12.7. The van der Waals surface area contributed by atoms with Crippen molar-refractivity contribution in [2.75, 3.05) is 0 Å². The predicted molar refractivity (Wildman–Crippen MR) is 106 cm³/mol. The van der Waals surface area contributed by atoms with Crippen molar-refractivity contribution in [2.24, 2.45) is 0 Å². The van der Waals surface area contributed by atoms with Crippen LogP contribution in [0.25, 0.3) is 10.2 Å². The smallest absolute Gasteiger partial charge is 0.262 e. The van der Waals surface area contributed by atoms with Crippen molar-refractivity contribution in [1.82, 2.24) is 14.9 Å². The summed E-state index contributed by atoms with van der Waals surface area (Å²) in [6.45, 7) is 5.97. The first-order valence-corrected chi connectivity index (χ1v) is 9.62. The van der Waals surface area contributed by atoms with E-state index in [9.17, 15) is 9.59 Å². The van der Waals surface area contributed by atoms with Crippen molar-refractivity contribution in [3.8, 4) is 0 Å². The van der Waals surface area contributed by atoms with E-state index in [1.165, 1.54) is 22.2 Å². The van der Waals surface area contributed by atoms with Crippen LogP contribution in [0.1, 0.15) is 41.8 Å². The fourth-order valence-electron chi connectivity index (χ4n) is 3.07. The molecule has 1 atom stereocenters. The number of rotatable bonds is 6. The molecule has 0 aliphatic rings. The van der Waals surface area contributed by atoms with Gasteiger partial charge in [0.1, 0.15) is 11.4 Å². The van der Waals surface area contributed by atoms with Gasteiger partial charge >= 0.3 is 0 Å². The van der Waals surface area contributed by atoms with Crippen LogP contribution < -0.4 is 10.9 Å². The molecule has 6 heteroatoms. The first-order chi connectivity index (χ1) is 12.5. The Hall–Kier alpha value is -2.47. The summed E-state index contributed by atoms with van der Waals surface area (Å²) in [4.78, 5) is 31.4. The van der Waals surface area contributed by atoms with E-state index < -0.39 is 0 Å². The topological polar surface area (TPSA) is 64.0 Å². The fraction of sp³-hybridized carbons (Fsp3) is 0.350. The maximum atomic E-state index is 12.7. The summed E-state index contributed by atoms with van der Waals surface area (Å²) < 4.78 is 1.39. The van der Waals surface area contributed by atoms with Gasteiger partial charge in [-0.05, 0) is 31.4 Å². The summed E-state index contributed by atoms with van der Waals surface area (Å²) in [5, 5.41) is 3.68. The first kappa shape index (κ1) is 18.3. The van der Waals surface area contributed by atoms with Crippen LogP contribution in [0.3, 0.4) is 0 Å². The van der Waals surface area contributed by atoms with Crippen molar-refractivity contribution in [3.63, 3.8) is 0 Å². The highest BCUT2D eigenvalue weighted by Crippen LogP contribution is 2.25. The van der Waals surface area contributed by atoms with Gasteiger partial charge < -0.3 is 5.32 Å². The standard InChI is InChI=1S/C20H23N3O2S/c1-4-8-16(15-9-6-5-7-10-15)22-17(24)11-23-12-21-19-18(20(23)25)13(2)14(3)26-19/h5-7,9-10,12,16H,4,8,11H2,1-3H3,(H,22,24)/t16-/m1/s1. The summed E-state index contributed by atoms with van der Waals surface area (Å²) in [7, 11) is 0. The first-order valence-electron chi connectivity index (χ1n) is 8.80. The van der Waals surface area contributed by atoms with E-state index in [1.807, 2.05) is 44.2 Å². The zero-order valence-electron chi connectivity index (χ0n) is 15.3. The zero-order chi connectivity index (χ0) is 18.7. The Morgan fingerprint density at radius 2 is 2.00 bits per heavy atom. The van der Waals surface area contributed by atoms with Crippen molar-refractivity contribution in [1.29, 1.82) is 0 Å². The molecule has 0 bridgehead atoms. The Kier molecular flexibility index (Phi) is 5.52. The number of nitrogens with zero attached hydrogens (tertiary/aromatic N) is 2. The van der Waals surface area contributed by atoms with Crippen molar-refractivity contribution in [3.05, 3.63) is 63.0 Å². The second kappa shape index (κ2) is 7.83. The molecular formula is C20H23N3O2S. The molecule has 0 unspecified atom stereocenters. The lowest BCUT2D eigenvalue weighted by atomic mass is 10.0. The van der Waals surface area contributed by atoms with Crippen LogP contribution in [0, 0.1) is 13.8 Å². The Morgan fingerprint density at radius 3 is 2.69 bits per heavy atom. The molecule has 0 saturated heterocycles. The lowest BCUT2D eigenvalue weighted by Gasteiger charge is -2.19. The highest BCUT2D eigenvalue weighted by molar-refractivity contribution is 7.18. The van der Waals surface area contributed by atoms with Gasteiger partial charge in [0.15, 0.2) is 0 Å². The quantitative estimate of drug-likeness (QED) is 0.720. The molecule has 2 heterocycles. The van der Waals surface area contributed by atoms with E-state index in [1.54, 1.807) is 0 Å². The van der Waals surface area contributed by atoms with Crippen LogP contribution in [-0.2, 0) is 11.3 Å². The average molecular weight is 369 g/mol. The number of hydrogen-bond acceptors (Lipinski definition) is 4. The van der Waals surface area contributed by atoms with Crippen LogP contribution in [0.4, 0.5) is 0 Å². The minimum absolute atomic E-state index is 0.0246. The van der Waals surface area contributed by atoms with Crippen molar-refractivity contribution < 1.29 is 4.79 Å². The molecule has 5 nitrogen and oxygen atoms in total. The SMILES string of the molecule is CCC[C@@H](NC(=O)Cn1cnc2sc(C)c(C)c2c1=O)c1ccccc1. The molecule has 26 heavy (non-hydrogen) atoms. The van der Waals surface area contributed by atoms with Crippen molar-refractivity contribution >= 4 is 27.5 Å². The number of aromatic nitrogens is 2. The number of hydrogen-bond donors (Lipinski definition) is 1. The molecule has 136 valence electrons. The summed E-state index contributed by atoms with van der Waals surface area (Å²) >= 11 is 1.51. The van der Waals surface area contributed by atoms with Crippen molar-refractivity contribution in [2.45, 2.75) is 46.2 Å². The third-order valence-corrected chi connectivity index (χ3v) is 5.70. The second-order valence-corrected chi connectivity index (χ2v) is 7.66. The maximum Gasteiger partial charge on any atom is 0.262 e. The van der Waals surface area contributed by atoms with Gasteiger partial charge in [0.25, 0.3) is 5.56 Å². The Morgan fingerprint density at radius 1 is 1.27 bits per heavy atom. The predicted octanol–water partition coefficient (Wildman–Crippen LogP) is 3.73. The molecule has 1 aromatic carbocycles. The van der Waals surface area contributed by atoms with E-state index in [0.717, 1.165) is 33.7 Å². The molecule has 0 saturated carbocycles. The number of aryl methyl sites for hydroxylation is 2. The summed E-state index contributed by atoms with van der Waals surface area (Å²) in [5.74, 6) is -0.180. The summed E-state index contributed by atoms with van der Waals surface area (Å²) in [6.07, 6.45) is 3.28. The molecular weight excluding hydrogens is 346 g/mol. The molecule has 1 amide bonds. The molecule has 0 aliphatic heterocycles. The zero-order valence-corrected chi connectivity index (χ0v) is 16.1. The van der Waals surface area contributed by atoms with Crippen LogP contribution in [0.2, 0.25) is 0 Å². The average Bonchev–Trinajstić information content (AvgIpc) is 2.93.